The van der Waals surface area contributed by atoms with Gasteiger partial charge in [-0.2, -0.15) is 0 Å². The van der Waals surface area contributed by atoms with Crippen molar-refractivity contribution in [3.05, 3.63) is 64.9 Å². The summed E-state index contributed by atoms with van der Waals surface area (Å²) >= 11 is 5.72. The lowest BCUT2D eigenvalue weighted by Gasteiger charge is -2.15. The van der Waals surface area contributed by atoms with E-state index in [1.165, 1.54) is 0 Å². The fourth-order valence-electron chi connectivity index (χ4n) is 2.15. The van der Waals surface area contributed by atoms with Gasteiger partial charge in [0.2, 0.25) is 11.8 Å². The van der Waals surface area contributed by atoms with Crippen molar-refractivity contribution >= 4 is 23.4 Å². The molecule has 1 heterocycles. The van der Waals surface area contributed by atoms with Gasteiger partial charge in [-0.15, -0.1) is 0 Å². The van der Waals surface area contributed by atoms with Crippen LogP contribution >= 0.6 is 11.6 Å². The van der Waals surface area contributed by atoms with Gasteiger partial charge < -0.3 is 11.1 Å². The van der Waals surface area contributed by atoms with Crippen molar-refractivity contribution in [1.29, 1.82) is 0 Å². The first-order chi connectivity index (χ1) is 11.0. The normalized spacial score (nSPS) is 11.7. The Morgan fingerprint density at radius 1 is 1.13 bits per heavy atom. The van der Waals surface area contributed by atoms with Crippen molar-refractivity contribution in [2.24, 2.45) is 5.73 Å². The largest absolute Gasteiger partial charge is 0.368 e. The van der Waals surface area contributed by atoms with E-state index in [-0.39, 0.29) is 12.3 Å². The Bertz CT molecular complexity index is 659. The average molecular weight is 332 g/mol. The SMILES string of the molecule is NC(=O)[C@H](Cc1ccc(Cl)nc1)NC(=O)CCc1ccccc1. The zero-order valence-corrected chi connectivity index (χ0v) is 13.3. The standard InChI is InChI=1S/C17H18ClN3O2/c18-15-8-6-13(11-20-15)10-14(17(19)23)21-16(22)9-7-12-4-2-1-3-5-12/h1-6,8,11,14H,7,9-10H2,(H2,19,23)(H,21,22)/t14-/m0/s1. The summed E-state index contributed by atoms with van der Waals surface area (Å²) in [5, 5.41) is 3.05. The number of hydrogen-bond donors (Lipinski definition) is 2. The van der Waals surface area contributed by atoms with Crippen LogP contribution in [0.15, 0.2) is 48.7 Å². The molecule has 2 rings (SSSR count). The molecule has 0 saturated heterocycles. The number of carbonyl (C=O) groups excluding carboxylic acids is 2. The van der Waals surface area contributed by atoms with Gasteiger partial charge in [0, 0.05) is 19.0 Å². The van der Waals surface area contributed by atoms with Crippen molar-refractivity contribution in [2.75, 3.05) is 0 Å². The Hall–Kier alpha value is -2.40. The second-order valence-electron chi connectivity index (χ2n) is 5.20. The minimum atomic E-state index is -0.763. The van der Waals surface area contributed by atoms with E-state index in [1.54, 1.807) is 18.3 Å². The quantitative estimate of drug-likeness (QED) is 0.760. The zero-order valence-electron chi connectivity index (χ0n) is 12.5. The minimum Gasteiger partial charge on any atom is -0.368 e. The molecule has 0 bridgehead atoms. The molecule has 6 heteroatoms. The summed E-state index contributed by atoms with van der Waals surface area (Å²) in [6.45, 7) is 0. The van der Waals surface area contributed by atoms with Crippen LogP contribution in [0, 0.1) is 0 Å². The van der Waals surface area contributed by atoms with Gasteiger partial charge in [-0.25, -0.2) is 4.98 Å². The smallest absolute Gasteiger partial charge is 0.240 e. The summed E-state index contributed by atoms with van der Waals surface area (Å²) in [6, 6.07) is 12.3. The molecule has 2 aromatic rings. The van der Waals surface area contributed by atoms with E-state index in [4.69, 9.17) is 17.3 Å². The van der Waals surface area contributed by atoms with Crippen LogP contribution in [-0.4, -0.2) is 22.8 Å². The van der Waals surface area contributed by atoms with E-state index in [0.29, 0.717) is 18.0 Å². The van der Waals surface area contributed by atoms with Crippen molar-refractivity contribution in [3.63, 3.8) is 0 Å². The van der Waals surface area contributed by atoms with Crippen LogP contribution in [0.3, 0.4) is 0 Å². The molecule has 0 fully saturated rings. The van der Waals surface area contributed by atoms with Gasteiger partial charge in [0.15, 0.2) is 0 Å². The number of amides is 2. The number of hydrogen-bond acceptors (Lipinski definition) is 3. The summed E-state index contributed by atoms with van der Waals surface area (Å²) in [5.74, 6) is -0.785. The van der Waals surface area contributed by atoms with Crippen LogP contribution in [-0.2, 0) is 22.4 Å². The molecule has 0 spiro atoms. The Kier molecular flexibility index (Phi) is 6.11. The van der Waals surface area contributed by atoms with Crippen molar-refractivity contribution in [3.8, 4) is 0 Å². The van der Waals surface area contributed by atoms with E-state index in [9.17, 15) is 9.59 Å². The topological polar surface area (TPSA) is 85.1 Å². The second kappa shape index (κ2) is 8.29. The molecule has 0 unspecified atom stereocenters. The van der Waals surface area contributed by atoms with E-state index in [0.717, 1.165) is 11.1 Å². The summed E-state index contributed by atoms with van der Waals surface area (Å²) < 4.78 is 0. The fraction of sp³-hybridized carbons (Fsp3) is 0.235. The number of primary amides is 1. The highest BCUT2D eigenvalue weighted by atomic mass is 35.5. The molecule has 1 aromatic carbocycles. The van der Waals surface area contributed by atoms with Gasteiger partial charge in [-0.1, -0.05) is 48.0 Å². The Labute approximate surface area is 139 Å². The Morgan fingerprint density at radius 2 is 1.87 bits per heavy atom. The second-order valence-corrected chi connectivity index (χ2v) is 5.59. The first kappa shape index (κ1) is 17.0. The third-order valence-corrected chi connectivity index (χ3v) is 3.61. The van der Waals surface area contributed by atoms with Gasteiger partial charge in [0.05, 0.1) is 0 Å². The number of carbonyl (C=O) groups is 2. The first-order valence-corrected chi connectivity index (χ1v) is 7.65. The number of nitrogens with zero attached hydrogens (tertiary/aromatic N) is 1. The highest BCUT2D eigenvalue weighted by molar-refractivity contribution is 6.29. The molecule has 0 aliphatic heterocycles. The lowest BCUT2D eigenvalue weighted by atomic mass is 10.1. The van der Waals surface area contributed by atoms with E-state index in [1.807, 2.05) is 30.3 Å². The molecule has 1 atom stereocenters. The fourth-order valence-corrected chi connectivity index (χ4v) is 2.27. The third kappa shape index (κ3) is 5.71. The number of nitrogens with two attached hydrogens (primary N) is 1. The van der Waals surface area contributed by atoms with E-state index < -0.39 is 11.9 Å². The maximum absolute atomic E-state index is 12.0. The average Bonchev–Trinajstić information content (AvgIpc) is 2.55. The van der Waals surface area contributed by atoms with Crippen LogP contribution in [0.2, 0.25) is 5.15 Å². The molecule has 0 saturated carbocycles. The van der Waals surface area contributed by atoms with E-state index in [2.05, 4.69) is 10.3 Å². The highest BCUT2D eigenvalue weighted by Crippen LogP contribution is 2.08. The van der Waals surface area contributed by atoms with Crippen molar-refractivity contribution in [2.45, 2.75) is 25.3 Å². The van der Waals surface area contributed by atoms with Gasteiger partial charge in [-0.3, -0.25) is 9.59 Å². The lowest BCUT2D eigenvalue weighted by Crippen LogP contribution is -2.45. The van der Waals surface area contributed by atoms with Crippen LogP contribution < -0.4 is 11.1 Å². The number of aryl methyl sites for hydroxylation is 1. The molecule has 2 amide bonds. The predicted octanol–water partition coefficient (Wildman–Crippen LogP) is 1.88. The molecule has 0 radical (unpaired) electrons. The molecule has 1 aromatic heterocycles. The van der Waals surface area contributed by atoms with Crippen LogP contribution in [0.25, 0.3) is 0 Å². The van der Waals surface area contributed by atoms with Gasteiger partial charge >= 0.3 is 0 Å². The first-order valence-electron chi connectivity index (χ1n) is 7.27. The van der Waals surface area contributed by atoms with E-state index >= 15 is 0 Å². The maximum atomic E-state index is 12.0. The summed E-state index contributed by atoms with van der Waals surface area (Å²) in [5.41, 5.74) is 7.22. The molecular formula is C17H18ClN3O2. The number of benzene rings is 1. The van der Waals surface area contributed by atoms with Crippen molar-refractivity contribution in [1.82, 2.24) is 10.3 Å². The molecule has 5 nitrogen and oxygen atoms in total. The molecular weight excluding hydrogens is 314 g/mol. The summed E-state index contributed by atoms with van der Waals surface area (Å²) in [7, 11) is 0. The monoisotopic (exact) mass is 331 g/mol. The number of halogens is 1. The predicted molar refractivity (Wildman–Crippen MR) is 88.8 cm³/mol. The lowest BCUT2D eigenvalue weighted by molar-refractivity contribution is -0.127. The maximum Gasteiger partial charge on any atom is 0.240 e. The molecule has 0 aliphatic carbocycles. The van der Waals surface area contributed by atoms with Crippen LogP contribution in [0.4, 0.5) is 0 Å². The van der Waals surface area contributed by atoms with Crippen LogP contribution in [0.1, 0.15) is 17.5 Å². The third-order valence-electron chi connectivity index (χ3n) is 3.39. The van der Waals surface area contributed by atoms with Gasteiger partial charge in [-0.05, 0) is 23.6 Å². The molecule has 0 aliphatic rings. The van der Waals surface area contributed by atoms with Gasteiger partial charge in [0.25, 0.3) is 0 Å². The van der Waals surface area contributed by atoms with Crippen LogP contribution in [0.5, 0.6) is 0 Å². The number of rotatable bonds is 7. The Morgan fingerprint density at radius 3 is 2.48 bits per heavy atom. The molecule has 3 N–H and O–H groups in total. The Balaban J connectivity index is 1.89. The molecule has 23 heavy (non-hydrogen) atoms. The highest BCUT2D eigenvalue weighted by Gasteiger charge is 2.18. The van der Waals surface area contributed by atoms with Crippen molar-refractivity contribution < 1.29 is 9.59 Å². The van der Waals surface area contributed by atoms with Gasteiger partial charge in [0.1, 0.15) is 11.2 Å². The summed E-state index contributed by atoms with van der Waals surface area (Å²) in [6.07, 6.45) is 2.76. The number of aromatic nitrogens is 1. The minimum absolute atomic E-state index is 0.209. The number of nitrogens with one attached hydrogen (secondary N) is 1. The summed E-state index contributed by atoms with van der Waals surface area (Å²) in [4.78, 5) is 27.5. The molecule has 120 valence electrons. The zero-order chi connectivity index (χ0) is 16.7. The number of pyridine rings is 1.